The van der Waals surface area contributed by atoms with Gasteiger partial charge in [-0.15, -0.1) is 0 Å². The number of rotatable bonds is 2. The fourth-order valence-electron chi connectivity index (χ4n) is 2.40. The van der Waals surface area contributed by atoms with Crippen molar-refractivity contribution in [2.24, 2.45) is 5.41 Å². The third kappa shape index (κ3) is 1.76. The van der Waals surface area contributed by atoms with E-state index >= 15 is 0 Å². The number of nitrogens with one attached hydrogen (secondary N) is 1. The molecule has 3 aliphatic rings. The summed E-state index contributed by atoms with van der Waals surface area (Å²) in [6.45, 7) is 4.57. The molecular weight excluding hydrogens is 174 g/mol. The topological polar surface area (TPSA) is 32.3 Å². The molecule has 0 amide bonds. The molecule has 0 aliphatic heterocycles. The van der Waals surface area contributed by atoms with Crippen LogP contribution in [0.3, 0.4) is 0 Å². The zero-order chi connectivity index (χ0) is 9.24. The van der Waals surface area contributed by atoms with Crippen LogP contribution in [0.15, 0.2) is 0 Å². The Morgan fingerprint density at radius 3 is 1.92 bits per heavy atom. The summed E-state index contributed by atoms with van der Waals surface area (Å²) in [5, 5.41) is 7.88. The van der Waals surface area contributed by atoms with Gasteiger partial charge in [-0.25, -0.2) is 4.84 Å². The zero-order valence-electron chi connectivity index (χ0n) is 7.86. The highest BCUT2D eigenvalue weighted by atomic mass is 35.5. The van der Waals surface area contributed by atoms with E-state index in [0.717, 1.165) is 6.42 Å². The second-order valence-electron chi connectivity index (χ2n) is 4.44. The van der Waals surface area contributed by atoms with E-state index in [9.17, 15) is 0 Å². The Labute approximate surface area is 79.4 Å². The van der Waals surface area contributed by atoms with E-state index in [-0.39, 0.29) is 0 Å². The molecule has 0 atom stereocenters. The van der Waals surface area contributed by atoms with Crippen molar-refractivity contribution in [1.29, 1.82) is 0 Å². The van der Waals surface area contributed by atoms with Crippen molar-refractivity contribution in [2.45, 2.75) is 45.1 Å². The summed E-state index contributed by atoms with van der Waals surface area (Å²) in [5.74, 6) is 0. The van der Waals surface area contributed by atoms with E-state index in [0.29, 0.717) is 17.6 Å². The molecule has 0 aromatic rings. The van der Waals surface area contributed by atoms with Crippen LogP contribution in [0.5, 0.6) is 0 Å². The maximum atomic E-state index is 7.88. The molecule has 0 spiro atoms. The molecule has 3 heteroatoms. The first kappa shape index (κ1) is 10.3. The first-order valence-corrected chi connectivity index (χ1v) is 4.96. The van der Waals surface area contributed by atoms with Gasteiger partial charge in [0.05, 0.1) is 0 Å². The molecule has 2 N–H and O–H groups in total. The van der Waals surface area contributed by atoms with Gasteiger partial charge in [-0.1, -0.05) is 13.8 Å². The largest absolute Gasteiger partial charge is 0.396 e. The van der Waals surface area contributed by atoms with Crippen LogP contribution in [0.25, 0.3) is 0 Å². The molecule has 0 aromatic carbocycles. The predicted molar refractivity (Wildman–Crippen MR) is 51.1 cm³/mol. The summed E-state index contributed by atoms with van der Waals surface area (Å²) in [7, 11) is 0. The Morgan fingerprint density at radius 1 is 1.42 bits per heavy atom. The van der Waals surface area contributed by atoms with Crippen LogP contribution in [0.2, 0.25) is 0 Å². The first-order valence-electron chi connectivity index (χ1n) is 4.58. The molecule has 0 radical (unpaired) electrons. The number of aliphatic hydroxyl groups is 1. The maximum absolute atomic E-state index is 7.88. The highest BCUT2D eigenvalue weighted by molar-refractivity contribution is 6.14. The third-order valence-corrected chi connectivity index (χ3v) is 3.12. The molecule has 3 fully saturated rings. The van der Waals surface area contributed by atoms with Crippen LogP contribution in [0.4, 0.5) is 0 Å². The van der Waals surface area contributed by atoms with Gasteiger partial charge >= 0.3 is 0 Å². The van der Waals surface area contributed by atoms with Crippen LogP contribution in [0, 0.1) is 5.41 Å². The van der Waals surface area contributed by atoms with E-state index in [1.165, 1.54) is 19.3 Å². The predicted octanol–water partition coefficient (Wildman–Crippen LogP) is 2.06. The lowest BCUT2D eigenvalue weighted by Gasteiger charge is -2.68. The summed E-state index contributed by atoms with van der Waals surface area (Å²) in [6.07, 6.45) is 4.76. The fourth-order valence-corrected chi connectivity index (χ4v) is 2.60. The van der Waals surface area contributed by atoms with Crippen molar-refractivity contribution in [3.05, 3.63) is 0 Å². The monoisotopic (exact) mass is 191 g/mol. The van der Waals surface area contributed by atoms with Crippen LogP contribution in [-0.4, -0.2) is 17.3 Å². The number of hydrogen-bond acceptors (Lipinski definition) is 2. The van der Waals surface area contributed by atoms with E-state index in [1.54, 1.807) is 0 Å². The second kappa shape index (κ2) is 3.52. The molecule has 0 aromatic heterocycles. The first-order chi connectivity index (χ1) is 5.60. The second-order valence-corrected chi connectivity index (χ2v) is 4.63. The third-order valence-electron chi connectivity index (χ3n) is 2.72. The van der Waals surface area contributed by atoms with Crippen molar-refractivity contribution in [3.8, 4) is 0 Å². The lowest BCUT2D eigenvalue weighted by Crippen LogP contribution is -2.70. The van der Waals surface area contributed by atoms with Gasteiger partial charge in [0.2, 0.25) is 0 Å². The summed E-state index contributed by atoms with van der Waals surface area (Å²) in [6, 6.07) is 0. The van der Waals surface area contributed by atoms with E-state index in [1.807, 2.05) is 6.92 Å². The Morgan fingerprint density at radius 2 is 1.83 bits per heavy atom. The lowest BCUT2D eigenvalue weighted by molar-refractivity contribution is -0.126. The Bertz CT molecular complexity index is 139. The molecule has 12 heavy (non-hydrogen) atoms. The highest BCUT2D eigenvalue weighted by Gasteiger charge is 2.64. The zero-order valence-corrected chi connectivity index (χ0v) is 8.62. The van der Waals surface area contributed by atoms with Crippen LogP contribution >= 0.6 is 11.8 Å². The Balaban J connectivity index is 0.000000157. The van der Waals surface area contributed by atoms with Crippen molar-refractivity contribution < 1.29 is 5.11 Å². The molecule has 3 rings (SSSR count). The molecule has 3 saturated carbocycles. The lowest BCUT2D eigenvalue weighted by atomic mass is 9.41. The summed E-state index contributed by atoms with van der Waals surface area (Å²) in [5.41, 5.74) is 1.07. The van der Waals surface area contributed by atoms with Gasteiger partial charge in [-0.3, -0.25) is 0 Å². The van der Waals surface area contributed by atoms with Crippen LogP contribution in [-0.2, 0) is 0 Å². The van der Waals surface area contributed by atoms with E-state index < -0.39 is 0 Å². The maximum Gasteiger partial charge on any atom is 0.0428 e. The van der Waals surface area contributed by atoms with E-state index in [4.69, 9.17) is 16.9 Å². The summed E-state index contributed by atoms with van der Waals surface area (Å²) in [4.78, 5) is 2.84. The van der Waals surface area contributed by atoms with Gasteiger partial charge in [0.15, 0.2) is 0 Å². The fraction of sp³-hybridized carbons (Fsp3) is 1.00. The normalized spacial score (nSPS) is 42.0. The molecule has 2 bridgehead atoms. The van der Waals surface area contributed by atoms with Crippen molar-refractivity contribution >= 4 is 11.8 Å². The van der Waals surface area contributed by atoms with Crippen molar-refractivity contribution in [1.82, 2.24) is 4.84 Å². The molecule has 72 valence electrons. The average molecular weight is 192 g/mol. The van der Waals surface area contributed by atoms with Gasteiger partial charge in [0, 0.05) is 12.1 Å². The van der Waals surface area contributed by atoms with Gasteiger partial charge in [0.25, 0.3) is 0 Å². The highest BCUT2D eigenvalue weighted by Crippen LogP contribution is 2.66. The molecule has 3 aliphatic carbocycles. The average Bonchev–Trinajstić information content (AvgIpc) is 1.97. The Hall–Kier alpha value is 0.210. The minimum atomic E-state index is 0.319. The van der Waals surface area contributed by atoms with Crippen LogP contribution in [0.1, 0.15) is 39.5 Å². The molecule has 2 nitrogen and oxygen atoms in total. The summed E-state index contributed by atoms with van der Waals surface area (Å²) >= 11 is 5.49. The van der Waals surface area contributed by atoms with E-state index in [2.05, 4.69) is 11.8 Å². The van der Waals surface area contributed by atoms with Gasteiger partial charge in [0.1, 0.15) is 0 Å². The number of hydrogen-bond donors (Lipinski definition) is 2. The minimum absolute atomic E-state index is 0.319. The molecule has 0 saturated heterocycles. The summed E-state index contributed by atoms with van der Waals surface area (Å²) < 4.78 is 0. The quantitative estimate of drug-likeness (QED) is 0.655. The number of halogens is 1. The standard InChI is InChI=1S/C6H10ClN.C3H8O/c1-5-2-6(3-5,4-5)8-7;1-2-3-4/h8H,2-4H2,1H3;4H,2-3H2,1H3. The van der Waals surface area contributed by atoms with Gasteiger partial charge in [-0.05, 0) is 42.9 Å². The minimum Gasteiger partial charge on any atom is -0.396 e. The molecular formula is C9H18ClNO. The SMILES string of the molecule is CC12CC(NCl)(C1)C2.CCCO. The number of aliphatic hydroxyl groups excluding tert-OH is 1. The van der Waals surface area contributed by atoms with Crippen molar-refractivity contribution in [2.75, 3.05) is 6.61 Å². The van der Waals surface area contributed by atoms with Crippen molar-refractivity contribution in [3.63, 3.8) is 0 Å². The molecule has 0 unspecified atom stereocenters. The Kier molecular flexibility index (Phi) is 3.02. The smallest absolute Gasteiger partial charge is 0.0428 e. The van der Waals surface area contributed by atoms with Gasteiger partial charge in [-0.2, -0.15) is 0 Å². The molecule has 0 heterocycles. The van der Waals surface area contributed by atoms with Gasteiger partial charge < -0.3 is 5.11 Å². The van der Waals surface area contributed by atoms with Crippen LogP contribution < -0.4 is 4.84 Å².